The summed E-state index contributed by atoms with van der Waals surface area (Å²) in [5, 5.41) is 0. The molecular weight excluding hydrogens is 247 g/mol. The smallest absolute Gasteiger partial charge is 0.0297 e. The molecule has 0 aromatic rings. The molecular formula is C18H35P. The third kappa shape index (κ3) is 6.16. The van der Waals surface area contributed by atoms with Crippen molar-refractivity contribution in [2.45, 2.75) is 84.0 Å². The Bertz CT molecular complexity index is 226. The molecule has 2 fully saturated rings. The van der Waals surface area contributed by atoms with E-state index in [9.17, 15) is 0 Å². The van der Waals surface area contributed by atoms with Crippen LogP contribution in [0.15, 0.2) is 0 Å². The van der Waals surface area contributed by atoms with Crippen molar-refractivity contribution < 1.29 is 0 Å². The molecule has 0 amide bonds. The molecule has 0 nitrogen and oxygen atoms in total. The minimum atomic E-state index is 0.405. The highest BCUT2D eigenvalue weighted by Gasteiger charge is 2.26. The molecule has 1 aliphatic heterocycles. The van der Waals surface area contributed by atoms with Crippen LogP contribution in [0.25, 0.3) is 0 Å². The Labute approximate surface area is 122 Å². The third-order valence-corrected chi connectivity index (χ3v) is 8.26. The van der Waals surface area contributed by atoms with Crippen LogP contribution >= 0.6 is 7.92 Å². The molecule has 0 aromatic carbocycles. The van der Waals surface area contributed by atoms with E-state index in [2.05, 4.69) is 6.92 Å². The number of unbranched alkanes of at least 4 members (excludes halogenated alkanes) is 2. The van der Waals surface area contributed by atoms with Crippen molar-refractivity contribution in [2.75, 3.05) is 18.5 Å². The molecule has 0 spiro atoms. The molecule has 0 radical (unpaired) electrons. The van der Waals surface area contributed by atoms with Crippen molar-refractivity contribution in [1.29, 1.82) is 0 Å². The Balaban J connectivity index is 1.79. The Morgan fingerprint density at radius 2 is 1.63 bits per heavy atom. The summed E-state index contributed by atoms with van der Waals surface area (Å²) in [5.41, 5.74) is 0. The van der Waals surface area contributed by atoms with E-state index in [1.807, 2.05) is 0 Å². The van der Waals surface area contributed by atoms with Gasteiger partial charge in [-0.05, 0) is 56.0 Å². The lowest BCUT2D eigenvalue weighted by Crippen LogP contribution is -2.06. The van der Waals surface area contributed by atoms with Gasteiger partial charge in [0, 0.05) is 0 Å². The van der Waals surface area contributed by atoms with Gasteiger partial charge in [0.05, 0.1) is 0 Å². The minimum Gasteiger partial charge on any atom is -0.106 e. The van der Waals surface area contributed by atoms with E-state index in [4.69, 9.17) is 0 Å². The number of fused-ring (bicyclic) bond motifs is 2. The maximum atomic E-state index is 2.34. The molecule has 0 N–H and O–H groups in total. The average molecular weight is 282 g/mol. The van der Waals surface area contributed by atoms with E-state index in [0.29, 0.717) is 7.92 Å². The summed E-state index contributed by atoms with van der Waals surface area (Å²) in [7, 11) is 0.405. The van der Waals surface area contributed by atoms with Crippen molar-refractivity contribution in [3.8, 4) is 0 Å². The second-order valence-electron chi connectivity index (χ2n) is 7.11. The largest absolute Gasteiger partial charge is 0.106 e. The van der Waals surface area contributed by atoms with E-state index in [1.54, 1.807) is 50.6 Å². The minimum absolute atomic E-state index is 0.405. The number of hydrogen-bond donors (Lipinski definition) is 0. The molecule has 1 heteroatoms. The lowest BCUT2D eigenvalue weighted by molar-refractivity contribution is 0.448. The monoisotopic (exact) mass is 282 g/mol. The molecule has 1 saturated carbocycles. The Morgan fingerprint density at radius 3 is 2.53 bits per heavy atom. The van der Waals surface area contributed by atoms with E-state index >= 15 is 0 Å². The van der Waals surface area contributed by atoms with Gasteiger partial charge in [-0.15, -0.1) is 7.92 Å². The van der Waals surface area contributed by atoms with Gasteiger partial charge in [0.2, 0.25) is 0 Å². The van der Waals surface area contributed by atoms with Crippen LogP contribution in [0, 0.1) is 11.8 Å². The first-order valence-electron chi connectivity index (χ1n) is 9.11. The zero-order valence-electron chi connectivity index (χ0n) is 13.2. The lowest BCUT2D eigenvalue weighted by Gasteiger charge is -2.22. The van der Waals surface area contributed by atoms with Gasteiger partial charge >= 0.3 is 0 Å². The molecule has 2 bridgehead atoms. The predicted octanol–water partition coefficient (Wildman–Crippen LogP) is 6.43. The van der Waals surface area contributed by atoms with Gasteiger partial charge in [0.15, 0.2) is 0 Å². The standard InChI is InChI=1S/C18H35P/c1-2-3-8-13-19-14-9-6-4-5-7-10-17-11-12-18(15-17)16-19/h17-18H,2-16H2,1H3. The van der Waals surface area contributed by atoms with Crippen LogP contribution in [0.5, 0.6) is 0 Å². The van der Waals surface area contributed by atoms with Gasteiger partial charge in [-0.2, -0.15) is 0 Å². The highest BCUT2D eigenvalue weighted by atomic mass is 31.1. The van der Waals surface area contributed by atoms with E-state index in [1.165, 1.54) is 44.9 Å². The highest BCUT2D eigenvalue weighted by Crippen LogP contribution is 2.46. The van der Waals surface area contributed by atoms with Crippen molar-refractivity contribution in [3.63, 3.8) is 0 Å². The molecule has 1 heterocycles. The summed E-state index contributed by atoms with van der Waals surface area (Å²) < 4.78 is 0. The molecule has 2 rings (SSSR count). The molecule has 3 atom stereocenters. The molecule has 3 unspecified atom stereocenters. The summed E-state index contributed by atoms with van der Waals surface area (Å²) in [6.45, 7) is 2.34. The summed E-state index contributed by atoms with van der Waals surface area (Å²) in [5.74, 6) is 2.26. The summed E-state index contributed by atoms with van der Waals surface area (Å²) in [6, 6.07) is 0. The van der Waals surface area contributed by atoms with Gasteiger partial charge in [0.25, 0.3) is 0 Å². The average Bonchev–Trinajstić information content (AvgIpc) is 2.84. The maximum absolute atomic E-state index is 2.34. The Hall–Kier alpha value is 0.430. The van der Waals surface area contributed by atoms with Gasteiger partial charge in [-0.1, -0.05) is 58.3 Å². The quantitative estimate of drug-likeness (QED) is 0.412. The Morgan fingerprint density at radius 1 is 0.842 bits per heavy atom. The van der Waals surface area contributed by atoms with Crippen LogP contribution in [0.2, 0.25) is 0 Å². The zero-order chi connectivity index (χ0) is 13.3. The Kier molecular flexibility index (Phi) is 7.81. The summed E-state index contributed by atoms with van der Waals surface area (Å²) >= 11 is 0. The third-order valence-electron chi connectivity index (χ3n) is 5.33. The first-order chi connectivity index (χ1) is 9.38. The molecule has 2 aliphatic rings. The topological polar surface area (TPSA) is 0 Å². The highest BCUT2D eigenvalue weighted by molar-refractivity contribution is 7.57. The van der Waals surface area contributed by atoms with Crippen LogP contribution < -0.4 is 0 Å². The van der Waals surface area contributed by atoms with Crippen LogP contribution in [-0.2, 0) is 0 Å². The SMILES string of the molecule is CCCCCP1CCCCCCCC2CCC(C2)C1. The predicted molar refractivity (Wildman–Crippen MR) is 89.6 cm³/mol. The van der Waals surface area contributed by atoms with Gasteiger partial charge < -0.3 is 0 Å². The number of hydrogen-bond acceptors (Lipinski definition) is 0. The first-order valence-corrected chi connectivity index (χ1v) is 11.0. The van der Waals surface area contributed by atoms with Crippen LogP contribution in [-0.4, -0.2) is 18.5 Å². The van der Waals surface area contributed by atoms with Crippen LogP contribution in [0.1, 0.15) is 84.0 Å². The van der Waals surface area contributed by atoms with Crippen molar-refractivity contribution in [1.82, 2.24) is 0 Å². The molecule has 19 heavy (non-hydrogen) atoms. The summed E-state index contributed by atoms with van der Waals surface area (Å²) in [6.07, 6.45) is 23.2. The van der Waals surface area contributed by atoms with Crippen LogP contribution in [0.4, 0.5) is 0 Å². The summed E-state index contributed by atoms with van der Waals surface area (Å²) in [4.78, 5) is 0. The van der Waals surface area contributed by atoms with Gasteiger partial charge in [-0.3, -0.25) is 0 Å². The molecule has 112 valence electrons. The van der Waals surface area contributed by atoms with Gasteiger partial charge in [0.1, 0.15) is 0 Å². The maximum Gasteiger partial charge on any atom is -0.0297 e. The fourth-order valence-electron chi connectivity index (χ4n) is 4.15. The zero-order valence-corrected chi connectivity index (χ0v) is 14.1. The van der Waals surface area contributed by atoms with E-state index in [0.717, 1.165) is 11.8 Å². The normalized spacial score (nSPS) is 33.6. The number of rotatable bonds is 4. The van der Waals surface area contributed by atoms with E-state index in [-0.39, 0.29) is 0 Å². The van der Waals surface area contributed by atoms with Crippen molar-refractivity contribution in [3.05, 3.63) is 0 Å². The first kappa shape index (κ1) is 15.8. The molecule has 1 saturated heterocycles. The van der Waals surface area contributed by atoms with E-state index < -0.39 is 0 Å². The lowest BCUT2D eigenvalue weighted by atomic mass is 9.98. The fourth-order valence-corrected chi connectivity index (χ4v) is 7.14. The fraction of sp³-hybridized carbons (Fsp3) is 1.00. The molecule has 0 aromatic heterocycles. The van der Waals surface area contributed by atoms with Gasteiger partial charge in [-0.25, -0.2) is 0 Å². The van der Waals surface area contributed by atoms with Crippen LogP contribution in [0.3, 0.4) is 0 Å². The van der Waals surface area contributed by atoms with Crippen molar-refractivity contribution >= 4 is 7.92 Å². The second kappa shape index (κ2) is 9.38. The second-order valence-corrected chi connectivity index (χ2v) is 9.71. The van der Waals surface area contributed by atoms with Crippen molar-refractivity contribution in [2.24, 2.45) is 11.8 Å². The molecule has 1 aliphatic carbocycles.